The minimum absolute atomic E-state index is 0.502. The maximum absolute atomic E-state index is 4.72. The molecule has 0 saturated heterocycles. The van der Waals surface area contributed by atoms with Gasteiger partial charge in [-0.3, -0.25) is 15.1 Å². The number of thiophene rings is 1. The Morgan fingerprint density at radius 1 is 0.941 bits per heavy atom. The van der Waals surface area contributed by atoms with E-state index in [2.05, 4.69) is 74.6 Å². The highest BCUT2D eigenvalue weighted by molar-refractivity contribution is 7.15. The summed E-state index contributed by atoms with van der Waals surface area (Å²) in [7, 11) is 1.88. The molecular weight excluding hydrogens is 442 g/mol. The third kappa shape index (κ3) is 3.43. The van der Waals surface area contributed by atoms with Crippen molar-refractivity contribution in [3.63, 3.8) is 0 Å². The van der Waals surface area contributed by atoms with Crippen molar-refractivity contribution in [3.8, 4) is 33.1 Å². The summed E-state index contributed by atoms with van der Waals surface area (Å²) in [5, 5.41) is 12.8. The Morgan fingerprint density at radius 3 is 2.65 bits per heavy atom. The zero-order chi connectivity index (χ0) is 23.2. The first kappa shape index (κ1) is 20.6. The van der Waals surface area contributed by atoms with Crippen molar-refractivity contribution < 1.29 is 0 Å². The van der Waals surface area contributed by atoms with Crippen molar-refractivity contribution in [2.75, 3.05) is 12.4 Å². The number of aromatic nitrogens is 6. The van der Waals surface area contributed by atoms with E-state index in [4.69, 9.17) is 4.98 Å². The smallest absolute Gasteiger partial charge is 0.181 e. The van der Waals surface area contributed by atoms with E-state index < -0.39 is 0 Å². The predicted molar refractivity (Wildman–Crippen MR) is 139 cm³/mol. The second kappa shape index (κ2) is 8.07. The SMILES string of the molecule is CNc1cncc(-c2cnc3n[nH]c(-c4cc5c(-c6ccc(C(C)C)s6)nccc5[nH]4)c3c2)c1. The first-order valence-electron chi connectivity index (χ1n) is 11.2. The topological polar surface area (TPSA) is 95.2 Å². The molecule has 0 fully saturated rings. The second-order valence-electron chi connectivity index (χ2n) is 8.57. The van der Waals surface area contributed by atoms with Crippen LogP contribution in [0.5, 0.6) is 0 Å². The molecule has 0 aliphatic heterocycles. The molecule has 0 aromatic carbocycles. The maximum atomic E-state index is 4.72. The summed E-state index contributed by atoms with van der Waals surface area (Å²) in [5.41, 5.74) is 7.50. The molecular formula is C26H23N7S. The Hall–Kier alpha value is -4.04. The number of rotatable bonds is 5. The summed E-state index contributed by atoms with van der Waals surface area (Å²) in [6, 6.07) is 12.7. The highest BCUT2D eigenvalue weighted by Crippen LogP contribution is 2.37. The van der Waals surface area contributed by atoms with Crippen LogP contribution in [0.4, 0.5) is 5.69 Å². The maximum Gasteiger partial charge on any atom is 0.181 e. The number of aromatic amines is 2. The van der Waals surface area contributed by atoms with Crippen molar-refractivity contribution in [2.24, 2.45) is 0 Å². The van der Waals surface area contributed by atoms with E-state index >= 15 is 0 Å². The summed E-state index contributed by atoms with van der Waals surface area (Å²) < 4.78 is 0. The Bertz CT molecular complexity index is 1640. The van der Waals surface area contributed by atoms with Crippen LogP contribution in [0.3, 0.4) is 0 Å². The normalized spacial score (nSPS) is 11.6. The number of fused-ring (bicyclic) bond motifs is 2. The number of pyridine rings is 3. The molecule has 6 aromatic rings. The number of anilines is 1. The molecule has 0 aliphatic rings. The summed E-state index contributed by atoms with van der Waals surface area (Å²) in [6.45, 7) is 4.43. The summed E-state index contributed by atoms with van der Waals surface area (Å²) in [6.07, 6.45) is 7.34. The average Bonchev–Trinajstić information content (AvgIpc) is 3.61. The van der Waals surface area contributed by atoms with Gasteiger partial charge in [-0.1, -0.05) is 13.8 Å². The van der Waals surface area contributed by atoms with Crippen molar-refractivity contribution in [1.82, 2.24) is 30.1 Å². The molecule has 34 heavy (non-hydrogen) atoms. The molecule has 168 valence electrons. The van der Waals surface area contributed by atoms with Crippen molar-refractivity contribution in [3.05, 3.63) is 66.1 Å². The highest BCUT2D eigenvalue weighted by atomic mass is 32.1. The minimum Gasteiger partial charge on any atom is -0.387 e. The largest absolute Gasteiger partial charge is 0.387 e. The molecule has 3 N–H and O–H groups in total. The molecule has 0 bridgehead atoms. The van der Waals surface area contributed by atoms with Crippen LogP contribution in [-0.4, -0.2) is 37.2 Å². The second-order valence-corrected chi connectivity index (χ2v) is 9.68. The fourth-order valence-electron chi connectivity index (χ4n) is 4.17. The lowest BCUT2D eigenvalue weighted by molar-refractivity contribution is 0.890. The average molecular weight is 466 g/mol. The van der Waals surface area contributed by atoms with Gasteiger partial charge in [0.15, 0.2) is 5.65 Å². The quantitative estimate of drug-likeness (QED) is 0.272. The molecule has 0 radical (unpaired) electrons. The molecule has 0 unspecified atom stereocenters. The van der Waals surface area contributed by atoms with Crippen LogP contribution < -0.4 is 5.32 Å². The van der Waals surface area contributed by atoms with Crippen LogP contribution in [0, 0.1) is 0 Å². The van der Waals surface area contributed by atoms with E-state index in [1.807, 2.05) is 31.7 Å². The van der Waals surface area contributed by atoms with E-state index in [-0.39, 0.29) is 0 Å². The molecule has 7 nitrogen and oxygen atoms in total. The van der Waals surface area contributed by atoms with Gasteiger partial charge in [-0.05, 0) is 42.3 Å². The molecule has 6 aromatic heterocycles. The molecule has 8 heteroatoms. The molecule has 0 saturated carbocycles. The van der Waals surface area contributed by atoms with Crippen LogP contribution in [0.25, 0.3) is 55.0 Å². The Labute approximate surface area is 200 Å². The van der Waals surface area contributed by atoms with E-state index in [0.717, 1.165) is 50.2 Å². The molecule has 6 heterocycles. The summed E-state index contributed by atoms with van der Waals surface area (Å²) in [4.78, 5) is 19.7. The molecule has 0 aliphatic carbocycles. The molecule has 0 amide bonds. The third-order valence-electron chi connectivity index (χ3n) is 6.02. The fourth-order valence-corrected chi connectivity index (χ4v) is 5.19. The Balaban J connectivity index is 1.46. The van der Waals surface area contributed by atoms with Gasteiger partial charge in [0, 0.05) is 64.1 Å². The lowest BCUT2D eigenvalue weighted by Crippen LogP contribution is -1.90. The zero-order valence-electron chi connectivity index (χ0n) is 19.0. The molecule has 0 spiro atoms. The van der Waals surface area contributed by atoms with Crippen LogP contribution in [0.1, 0.15) is 24.6 Å². The number of H-pyrrole nitrogens is 2. The Kier molecular flexibility index (Phi) is 4.88. The number of nitrogens with one attached hydrogen (secondary N) is 3. The van der Waals surface area contributed by atoms with E-state index in [0.29, 0.717) is 11.6 Å². The summed E-state index contributed by atoms with van der Waals surface area (Å²) in [5.74, 6) is 0.502. The minimum atomic E-state index is 0.502. The highest BCUT2D eigenvalue weighted by Gasteiger charge is 2.16. The van der Waals surface area contributed by atoms with Gasteiger partial charge in [0.05, 0.1) is 27.6 Å². The van der Waals surface area contributed by atoms with E-state index in [1.165, 1.54) is 9.75 Å². The zero-order valence-corrected chi connectivity index (χ0v) is 19.9. The molecule has 0 atom stereocenters. The van der Waals surface area contributed by atoms with Crippen molar-refractivity contribution in [2.45, 2.75) is 19.8 Å². The van der Waals surface area contributed by atoms with Crippen LogP contribution in [0.15, 0.2) is 61.2 Å². The first-order valence-corrected chi connectivity index (χ1v) is 12.0. The predicted octanol–water partition coefficient (Wildman–Crippen LogP) is 6.46. The van der Waals surface area contributed by atoms with E-state index in [1.54, 1.807) is 17.5 Å². The monoisotopic (exact) mass is 465 g/mol. The van der Waals surface area contributed by atoms with Crippen LogP contribution in [0.2, 0.25) is 0 Å². The number of hydrogen-bond donors (Lipinski definition) is 3. The summed E-state index contributed by atoms with van der Waals surface area (Å²) >= 11 is 1.80. The number of hydrogen-bond acceptors (Lipinski definition) is 6. The van der Waals surface area contributed by atoms with E-state index in [9.17, 15) is 0 Å². The van der Waals surface area contributed by atoms with Gasteiger partial charge < -0.3 is 10.3 Å². The number of nitrogens with zero attached hydrogens (tertiary/aromatic N) is 4. The van der Waals surface area contributed by atoms with Crippen LogP contribution >= 0.6 is 11.3 Å². The van der Waals surface area contributed by atoms with Crippen molar-refractivity contribution >= 4 is 39.0 Å². The molecule has 6 rings (SSSR count). The third-order valence-corrected chi connectivity index (χ3v) is 7.41. The van der Waals surface area contributed by atoms with Crippen molar-refractivity contribution in [1.29, 1.82) is 0 Å². The van der Waals surface area contributed by atoms with Crippen LogP contribution in [-0.2, 0) is 0 Å². The van der Waals surface area contributed by atoms with Gasteiger partial charge in [-0.15, -0.1) is 11.3 Å². The Morgan fingerprint density at radius 2 is 1.82 bits per heavy atom. The van der Waals surface area contributed by atoms with Gasteiger partial charge in [-0.2, -0.15) is 5.10 Å². The fraction of sp³-hybridized carbons (Fsp3) is 0.154. The lowest BCUT2D eigenvalue weighted by atomic mass is 10.1. The van der Waals surface area contributed by atoms with Gasteiger partial charge >= 0.3 is 0 Å². The lowest BCUT2D eigenvalue weighted by Gasteiger charge is -2.04. The van der Waals surface area contributed by atoms with Gasteiger partial charge in [-0.25, -0.2) is 4.98 Å². The first-order chi connectivity index (χ1) is 16.6. The standard InChI is InChI=1S/C26H23N7S/c1-14(2)22-4-5-23(34-22)25-18-10-21(31-20(18)6-7-29-25)24-19-9-16(12-30-26(19)33-32-24)15-8-17(27-3)13-28-11-15/h4-14,27,31H,1-3H3,(H,30,32,33). The van der Waals surface area contributed by atoms with Gasteiger partial charge in [0.2, 0.25) is 0 Å². The van der Waals surface area contributed by atoms with Gasteiger partial charge in [0.25, 0.3) is 0 Å². The van der Waals surface area contributed by atoms with Gasteiger partial charge in [0.1, 0.15) is 0 Å².